The number of anilines is 1. The third-order valence-corrected chi connectivity index (χ3v) is 6.27. The smallest absolute Gasteiger partial charge is 0.290 e. The van der Waals surface area contributed by atoms with Crippen LogP contribution < -0.4 is 20.5 Å². The van der Waals surface area contributed by atoms with Gasteiger partial charge in [-0.2, -0.15) is 10.2 Å². The molecular weight excluding hydrogens is 392 g/mol. The van der Waals surface area contributed by atoms with Crippen molar-refractivity contribution in [2.24, 2.45) is 7.05 Å². The van der Waals surface area contributed by atoms with E-state index >= 15 is 0 Å². The van der Waals surface area contributed by atoms with Crippen LogP contribution in [0.25, 0.3) is 22.3 Å². The fraction of sp³-hybridized carbons (Fsp3) is 0.522. The van der Waals surface area contributed by atoms with Crippen LogP contribution in [0.5, 0.6) is 5.75 Å². The molecule has 8 nitrogen and oxygen atoms in total. The third-order valence-electron chi connectivity index (χ3n) is 6.27. The Morgan fingerprint density at radius 2 is 1.97 bits per heavy atom. The van der Waals surface area contributed by atoms with Gasteiger partial charge < -0.3 is 15.0 Å². The second-order valence-electron chi connectivity index (χ2n) is 9.76. The number of rotatable bonds is 4. The number of hydrogen-bond acceptors (Lipinski definition) is 6. The van der Waals surface area contributed by atoms with Crippen molar-refractivity contribution < 1.29 is 4.74 Å². The van der Waals surface area contributed by atoms with Crippen LogP contribution in [0.3, 0.4) is 0 Å². The topological polar surface area (TPSA) is 88.1 Å². The first-order valence-corrected chi connectivity index (χ1v) is 11.0. The molecule has 0 spiro atoms. The van der Waals surface area contributed by atoms with Crippen molar-refractivity contribution >= 4 is 16.6 Å². The van der Waals surface area contributed by atoms with Gasteiger partial charge in [0, 0.05) is 31.1 Å². The Bertz CT molecular complexity index is 1190. The Hall–Kier alpha value is -2.87. The minimum absolute atomic E-state index is 0.0484. The number of aromatic amines is 1. The number of aromatic nitrogens is 4. The van der Waals surface area contributed by atoms with Crippen molar-refractivity contribution in [1.29, 1.82) is 0 Å². The predicted octanol–water partition coefficient (Wildman–Crippen LogP) is 2.83. The minimum atomic E-state index is -0.0908. The summed E-state index contributed by atoms with van der Waals surface area (Å²) in [5.41, 5.74) is 2.77. The van der Waals surface area contributed by atoms with Crippen molar-refractivity contribution in [1.82, 2.24) is 25.3 Å². The van der Waals surface area contributed by atoms with Gasteiger partial charge in [0.1, 0.15) is 28.4 Å². The minimum Gasteiger partial charge on any atom is -0.488 e. The highest BCUT2D eigenvalue weighted by molar-refractivity contribution is 5.93. The van der Waals surface area contributed by atoms with Gasteiger partial charge in [0.15, 0.2) is 0 Å². The molecule has 1 saturated carbocycles. The summed E-state index contributed by atoms with van der Waals surface area (Å²) in [6, 6.07) is 7.86. The fourth-order valence-electron chi connectivity index (χ4n) is 4.26. The molecule has 3 aromatic rings. The first-order chi connectivity index (χ1) is 14.7. The predicted molar refractivity (Wildman–Crippen MR) is 122 cm³/mol. The Labute approximate surface area is 181 Å². The van der Waals surface area contributed by atoms with Crippen LogP contribution in [0.2, 0.25) is 0 Å². The number of ether oxygens (including phenoxy) is 1. The molecule has 2 aromatic heterocycles. The van der Waals surface area contributed by atoms with Crippen LogP contribution in [0, 0.1) is 0 Å². The van der Waals surface area contributed by atoms with Gasteiger partial charge in [0.05, 0.1) is 5.52 Å². The Kier molecular flexibility index (Phi) is 4.58. The summed E-state index contributed by atoms with van der Waals surface area (Å²) in [6.45, 7) is 8.98. The van der Waals surface area contributed by atoms with E-state index in [9.17, 15) is 4.79 Å². The average molecular weight is 423 g/mol. The highest BCUT2D eigenvalue weighted by atomic mass is 16.5. The van der Waals surface area contributed by atoms with E-state index in [4.69, 9.17) is 4.74 Å². The van der Waals surface area contributed by atoms with Gasteiger partial charge in [-0.1, -0.05) is 0 Å². The van der Waals surface area contributed by atoms with Gasteiger partial charge in [-0.3, -0.25) is 9.89 Å². The van der Waals surface area contributed by atoms with Gasteiger partial charge in [-0.05, 0) is 70.8 Å². The number of H-pyrrole nitrogens is 1. The molecule has 1 saturated heterocycles. The van der Waals surface area contributed by atoms with Gasteiger partial charge >= 0.3 is 0 Å². The van der Waals surface area contributed by atoms with Crippen LogP contribution in [0.1, 0.15) is 40.0 Å². The van der Waals surface area contributed by atoms with Gasteiger partial charge in [0.2, 0.25) is 0 Å². The number of nitrogens with zero attached hydrogens (tertiary/aromatic N) is 4. The summed E-state index contributed by atoms with van der Waals surface area (Å²) in [5.74, 6) is 0.834. The standard InChI is InChI=1S/C23H30N6O2/c1-22(2)14-29(11-5-10-24-22)19-13-18(27-28(4)21(19)30)20-16-12-15(31-23(3)8-9-23)6-7-17(16)25-26-20/h6-7,12-13,24H,5,8-11,14H2,1-4H3,(H,25,26). The highest BCUT2D eigenvalue weighted by Gasteiger charge is 2.40. The maximum absolute atomic E-state index is 13.0. The molecule has 1 aliphatic heterocycles. The van der Waals surface area contributed by atoms with E-state index in [1.165, 1.54) is 4.68 Å². The van der Waals surface area contributed by atoms with Gasteiger partial charge in [-0.15, -0.1) is 0 Å². The monoisotopic (exact) mass is 422 g/mol. The lowest BCUT2D eigenvalue weighted by molar-refractivity contribution is 0.200. The summed E-state index contributed by atoms with van der Waals surface area (Å²) >= 11 is 0. The molecule has 2 N–H and O–H groups in total. The van der Waals surface area contributed by atoms with Crippen molar-refractivity contribution in [3.8, 4) is 17.1 Å². The summed E-state index contributed by atoms with van der Waals surface area (Å²) < 4.78 is 7.57. The Morgan fingerprint density at radius 3 is 2.74 bits per heavy atom. The number of nitrogens with one attached hydrogen (secondary N) is 2. The Morgan fingerprint density at radius 1 is 1.16 bits per heavy atom. The lowest BCUT2D eigenvalue weighted by Gasteiger charge is -2.31. The molecule has 1 aliphatic carbocycles. The molecule has 3 heterocycles. The number of benzene rings is 1. The molecule has 2 fully saturated rings. The quantitative estimate of drug-likeness (QED) is 0.672. The van der Waals surface area contributed by atoms with Crippen molar-refractivity contribution in [3.63, 3.8) is 0 Å². The summed E-state index contributed by atoms with van der Waals surface area (Å²) in [5, 5.41) is 16.7. The van der Waals surface area contributed by atoms with Crippen LogP contribution in [-0.4, -0.2) is 50.8 Å². The first-order valence-electron chi connectivity index (χ1n) is 11.0. The SMILES string of the molecule is Cn1nc(-c2n[nH]c3ccc(OC4(C)CC4)cc23)cc(N2CCCNC(C)(C)C2)c1=O. The zero-order valence-electron chi connectivity index (χ0n) is 18.7. The van der Waals surface area contributed by atoms with E-state index in [1.807, 2.05) is 24.3 Å². The highest BCUT2D eigenvalue weighted by Crippen LogP contribution is 2.40. The second kappa shape index (κ2) is 7.09. The molecule has 0 atom stereocenters. The average Bonchev–Trinajstić information content (AvgIpc) is 3.34. The van der Waals surface area contributed by atoms with E-state index < -0.39 is 0 Å². The molecule has 1 aromatic carbocycles. The molecule has 0 amide bonds. The Balaban J connectivity index is 1.57. The normalized spacial score (nSPS) is 19.9. The van der Waals surface area contributed by atoms with Crippen molar-refractivity contribution in [2.75, 3.05) is 24.5 Å². The molecule has 31 heavy (non-hydrogen) atoms. The molecule has 8 heteroatoms. The van der Waals surface area contributed by atoms with Crippen molar-refractivity contribution in [3.05, 3.63) is 34.6 Å². The second-order valence-corrected chi connectivity index (χ2v) is 9.76. The molecule has 0 bridgehead atoms. The van der Waals surface area contributed by atoms with Crippen LogP contribution >= 0.6 is 0 Å². The summed E-state index contributed by atoms with van der Waals surface area (Å²) in [6.07, 6.45) is 3.14. The summed E-state index contributed by atoms with van der Waals surface area (Å²) in [4.78, 5) is 15.2. The van der Waals surface area contributed by atoms with Crippen molar-refractivity contribution in [2.45, 2.75) is 51.2 Å². The van der Waals surface area contributed by atoms with Crippen LogP contribution in [0.4, 0.5) is 5.69 Å². The molecular formula is C23H30N6O2. The molecule has 0 unspecified atom stereocenters. The fourth-order valence-corrected chi connectivity index (χ4v) is 4.26. The molecule has 164 valence electrons. The molecule has 2 aliphatic rings. The van der Waals surface area contributed by atoms with E-state index in [1.54, 1.807) is 7.05 Å². The van der Waals surface area contributed by atoms with Crippen LogP contribution in [0.15, 0.2) is 29.1 Å². The lowest BCUT2D eigenvalue weighted by atomic mass is 10.1. The molecule has 5 rings (SSSR count). The molecule has 0 radical (unpaired) electrons. The van der Waals surface area contributed by atoms with E-state index in [2.05, 4.69) is 46.3 Å². The zero-order chi connectivity index (χ0) is 21.8. The van der Waals surface area contributed by atoms with E-state index in [0.717, 1.165) is 61.2 Å². The van der Waals surface area contributed by atoms with E-state index in [0.29, 0.717) is 11.4 Å². The van der Waals surface area contributed by atoms with Gasteiger partial charge in [0.25, 0.3) is 5.56 Å². The number of aryl methyl sites for hydroxylation is 1. The third kappa shape index (κ3) is 3.92. The maximum Gasteiger partial charge on any atom is 0.290 e. The van der Waals surface area contributed by atoms with E-state index in [-0.39, 0.29) is 16.7 Å². The lowest BCUT2D eigenvalue weighted by Crippen LogP contribution is -2.47. The van der Waals surface area contributed by atoms with Gasteiger partial charge in [-0.25, -0.2) is 4.68 Å². The zero-order valence-corrected chi connectivity index (χ0v) is 18.7. The number of fused-ring (bicyclic) bond motifs is 1. The number of hydrogen-bond donors (Lipinski definition) is 2. The van der Waals surface area contributed by atoms with Crippen LogP contribution in [-0.2, 0) is 7.05 Å². The summed E-state index contributed by atoms with van der Waals surface area (Å²) in [7, 11) is 1.70. The first kappa shape index (κ1) is 20.1. The largest absolute Gasteiger partial charge is 0.488 e. The maximum atomic E-state index is 13.0.